The fourth-order valence-corrected chi connectivity index (χ4v) is 5.10. The number of Topliss-reactive ketones (excluding diaryl/α,β-unsaturated/α-hetero) is 1. The Kier molecular flexibility index (Phi) is 5.10. The summed E-state index contributed by atoms with van der Waals surface area (Å²) in [5.41, 5.74) is 2.16. The highest BCUT2D eigenvalue weighted by Crippen LogP contribution is 2.47. The van der Waals surface area contributed by atoms with Gasteiger partial charge in [0.05, 0.1) is 11.6 Å². The van der Waals surface area contributed by atoms with E-state index in [1.54, 1.807) is 6.92 Å². The van der Waals surface area contributed by atoms with Crippen molar-refractivity contribution in [3.63, 3.8) is 0 Å². The van der Waals surface area contributed by atoms with Gasteiger partial charge in [-0.15, -0.1) is 11.3 Å². The van der Waals surface area contributed by atoms with Gasteiger partial charge in [-0.1, -0.05) is 19.9 Å². The number of hydrogen-bond donors (Lipinski definition) is 2. The van der Waals surface area contributed by atoms with E-state index in [2.05, 4.69) is 24.5 Å². The number of amides is 1. The van der Waals surface area contributed by atoms with Crippen LogP contribution in [0.3, 0.4) is 0 Å². The maximum atomic E-state index is 14.1. The molecule has 0 saturated carbocycles. The molecule has 1 aromatic heterocycles. The van der Waals surface area contributed by atoms with E-state index >= 15 is 0 Å². The molecule has 2 aromatic rings. The lowest BCUT2D eigenvalue weighted by atomic mass is 9.69. The standard InChI is InChI=1S/C23H22F2N2O2S/c1-12-19(22(29)27-15-7-6-13(24)9-14(15)25)21(18-5-4-8-30-18)20-16(26-12)10-23(2,3)11-17(20)28/h4-9,21,26H,10-11H2,1-3H3,(H,27,29). The lowest BCUT2D eigenvalue weighted by Gasteiger charge is -2.39. The van der Waals surface area contributed by atoms with Crippen molar-refractivity contribution in [1.29, 1.82) is 0 Å². The van der Waals surface area contributed by atoms with Gasteiger partial charge >= 0.3 is 0 Å². The molecule has 1 unspecified atom stereocenters. The van der Waals surface area contributed by atoms with Gasteiger partial charge < -0.3 is 10.6 Å². The number of nitrogens with one attached hydrogen (secondary N) is 2. The molecule has 2 heterocycles. The molecule has 4 rings (SSSR count). The number of anilines is 1. The molecule has 0 radical (unpaired) electrons. The van der Waals surface area contributed by atoms with Crippen molar-refractivity contribution in [3.8, 4) is 0 Å². The van der Waals surface area contributed by atoms with Crippen molar-refractivity contribution >= 4 is 28.7 Å². The number of thiophene rings is 1. The number of dihydropyridines is 1. The molecule has 0 bridgehead atoms. The predicted molar refractivity (Wildman–Crippen MR) is 113 cm³/mol. The minimum Gasteiger partial charge on any atom is -0.362 e. The van der Waals surface area contributed by atoms with Crippen molar-refractivity contribution < 1.29 is 18.4 Å². The number of halogens is 2. The van der Waals surface area contributed by atoms with Gasteiger partial charge in [0.15, 0.2) is 5.78 Å². The van der Waals surface area contributed by atoms with E-state index in [1.165, 1.54) is 17.4 Å². The summed E-state index contributed by atoms with van der Waals surface area (Å²) in [7, 11) is 0. The Labute approximate surface area is 177 Å². The fraction of sp³-hybridized carbons (Fsp3) is 0.304. The van der Waals surface area contributed by atoms with Crippen LogP contribution in [0.5, 0.6) is 0 Å². The van der Waals surface area contributed by atoms with Crippen molar-refractivity contribution in [2.45, 2.75) is 39.5 Å². The number of allylic oxidation sites excluding steroid dienone is 3. The van der Waals surface area contributed by atoms with Crippen LogP contribution in [0, 0.1) is 17.0 Å². The first-order valence-electron chi connectivity index (χ1n) is 9.70. The summed E-state index contributed by atoms with van der Waals surface area (Å²) in [5, 5.41) is 7.72. The number of hydrogen-bond acceptors (Lipinski definition) is 4. The van der Waals surface area contributed by atoms with Crippen molar-refractivity contribution in [2.24, 2.45) is 5.41 Å². The Balaban J connectivity index is 1.77. The maximum absolute atomic E-state index is 14.1. The average molecular weight is 429 g/mol. The van der Waals surface area contributed by atoms with E-state index in [0.29, 0.717) is 29.7 Å². The molecular formula is C23H22F2N2O2S. The first kappa shape index (κ1) is 20.5. The average Bonchev–Trinajstić information content (AvgIpc) is 3.16. The Bertz CT molecular complexity index is 1100. The van der Waals surface area contributed by atoms with Crippen LogP contribution in [0.15, 0.2) is 58.3 Å². The smallest absolute Gasteiger partial charge is 0.254 e. The maximum Gasteiger partial charge on any atom is 0.254 e. The van der Waals surface area contributed by atoms with Gasteiger partial charge in [-0.05, 0) is 42.3 Å². The Hall–Kier alpha value is -2.80. The van der Waals surface area contributed by atoms with E-state index in [1.807, 2.05) is 17.5 Å². The van der Waals surface area contributed by atoms with Gasteiger partial charge in [-0.3, -0.25) is 9.59 Å². The van der Waals surface area contributed by atoms with Gasteiger partial charge in [-0.25, -0.2) is 8.78 Å². The zero-order chi connectivity index (χ0) is 21.6. The number of carbonyl (C=O) groups excluding carboxylic acids is 2. The molecule has 0 saturated heterocycles. The molecule has 30 heavy (non-hydrogen) atoms. The number of benzene rings is 1. The van der Waals surface area contributed by atoms with Gasteiger partial charge in [0.25, 0.3) is 5.91 Å². The Morgan fingerprint density at radius 2 is 2.00 bits per heavy atom. The third-order valence-corrected chi connectivity index (χ3v) is 6.43. The van der Waals surface area contributed by atoms with Crippen LogP contribution < -0.4 is 10.6 Å². The van der Waals surface area contributed by atoms with Crippen LogP contribution in [0.4, 0.5) is 14.5 Å². The Morgan fingerprint density at radius 3 is 2.67 bits per heavy atom. The summed E-state index contributed by atoms with van der Waals surface area (Å²) in [6.07, 6.45) is 1.10. The number of carbonyl (C=O) groups is 2. The number of ketones is 1. The monoisotopic (exact) mass is 428 g/mol. The van der Waals surface area contributed by atoms with Crippen LogP contribution in [0.2, 0.25) is 0 Å². The summed E-state index contributed by atoms with van der Waals surface area (Å²) in [4.78, 5) is 27.2. The largest absolute Gasteiger partial charge is 0.362 e. The molecule has 156 valence electrons. The second-order valence-electron chi connectivity index (χ2n) is 8.52. The SMILES string of the molecule is CC1=C(C(=O)Nc2ccc(F)cc2F)C(c2cccs2)C2=C(CC(C)(C)CC2=O)N1. The van der Waals surface area contributed by atoms with Crippen LogP contribution in [-0.4, -0.2) is 11.7 Å². The summed E-state index contributed by atoms with van der Waals surface area (Å²) < 4.78 is 27.3. The third kappa shape index (κ3) is 3.69. The van der Waals surface area contributed by atoms with Crippen LogP contribution >= 0.6 is 11.3 Å². The van der Waals surface area contributed by atoms with E-state index in [0.717, 1.165) is 22.7 Å². The molecule has 1 atom stereocenters. The molecule has 2 N–H and O–H groups in total. The topological polar surface area (TPSA) is 58.2 Å². The van der Waals surface area contributed by atoms with E-state index in [9.17, 15) is 18.4 Å². The summed E-state index contributed by atoms with van der Waals surface area (Å²) >= 11 is 1.47. The normalized spacial score (nSPS) is 20.7. The van der Waals surface area contributed by atoms with Gasteiger partial charge in [0.2, 0.25) is 0 Å². The van der Waals surface area contributed by atoms with Crippen molar-refractivity contribution in [1.82, 2.24) is 5.32 Å². The predicted octanol–water partition coefficient (Wildman–Crippen LogP) is 5.27. The highest BCUT2D eigenvalue weighted by Gasteiger charge is 2.43. The van der Waals surface area contributed by atoms with Crippen molar-refractivity contribution in [2.75, 3.05) is 5.32 Å². The second-order valence-corrected chi connectivity index (χ2v) is 9.50. The van der Waals surface area contributed by atoms with E-state index in [4.69, 9.17) is 0 Å². The highest BCUT2D eigenvalue weighted by atomic mass is 32.1. The van der Waals surface area contributed by atoms with E-state index in [-0.39, 0.29) is 16.9 Å². The summed E-state index contributed by atoms with van der Waals surface area (Å²) in [6.45, 7) is 5.89. The first-order valence-corrected chi connectivity index (χ1v) is 10.6. The summed E-state index contributed by atoms with van der Waals surface area (Å²) in [6, 6.07) is 6.78. The minimum atomic E-state index is -0.853. The zero-order valence-electron chi connectivity index (χ0n) is 16.9. The molecule has 0 spiro atoms. The number of rotatable bonds is 3. The lowest BCUT2D eigenvalue weighted by molar-refractivity contribution is -0.118. The fourth-order valence-electron chi connectivity index (χ4n) is 4.26. The van der Waals surface area contributed by atoms with Gasteiger partial charge in [-0.2, -0.15) is 0 Å². The first-order chi connectivity index (χ1) is 14.2. The van der Waals surface area contributed by atoms with Gasteiger partial charge in [0.1, 0.15) is 11.6 Å². The van der Waals surface area contributed by atoms with Crippen molar-refractivity contribution in [3.05, 3.63) is 74.8 Å². The molecule has 1 aromatic carbocycles. The van der Waals surface area contributed by atoms with Crippen LogP contribution in [-0.2, 0) is 9.59 Å². The third-order valence-electron chi connectivity index (χ3n) is 5.49. The lowest BCUT2D eigenvalue weighted by Crippen LogP contribution is -2.39. The quantitative estimate of drug-likeness (QED) is 0.700. The van der Waals surface area contributed by atoms with Crippen LogP contribution in [0.25, 0.3) is 0 Å². The van der Waals surface area contributed by atoms with Crippen LogP contribution in [0.1, 0.15) is 44.4 Å². The summed E-state index contributed by atoms with van der Waals surface area (Å²) in [5.74, 6) is -2.60. The highest BCUT2D eigenvalue weighted by molar-refractivity contribution is 7.10. The molecule has 7 heteroatoms. The Morgan fingerprint density at radius 1 is 1.23 bits per heavy atom. The molecule has 2 aliphatic rings. The molecular weight excluding hydrogens is 406 g/mol. The van der Waals surface area contributed by atoms with Gasteiger partial charge in [0, 0.05) is 39.9 Å². The molecule has 1 amide bonds. The molecule has 1 aliphatic heterocycles. The van der Waals surface area contributed by atoms with E-state index < -0.39 is 23.5 Å². The molecule has 4 nitrogen and oxygen atoms in total. The molecule has 1 aliphatic carbocycles. The molecule has 0 fully saturated rings. The zero-order valence-corrected chi connectivity index (χ0v) is 17.8. The minimum absolute atomic E-state index is 0.0120. The second kappa shape index (κ2) is 7.47.